The Morgan fingerprint density at radius 3 is 2.61 bits per heavy atom. The third-order valence-electron chi connectivity index (χ3n) is 2.53. The van der Waals surface area contributed by atoms with E-state index in [2.05, 4.69) is 10.3 Å². The lowest BCUT2D eigenvalue weighted by atomic mass is 10.1. The Bertz CT molecular complexity index is 535. The molecular weight excluding hydrogens is 230 g/mol. The minimum absolute atomic E-state index is 0.121. The average molecular weight is 243 g/mol. The Morgan fingerprint density at radius 2 is 2.00 bits per heavy atom. The van der Waals surface area contributed by atoms with E-state index in [0.717, 1.165) is 0 Å². The van der Waals surface area contributed by atoms with Crippen molar-refractivity contribution in [1.29, 1.82) is 0 Å². The van der Waals surface area contributed by atoms with Crippen molar-refractivity contribution in [3.8, 4) is 0 Å². The van der Waals surface area contributed by atoms with Crippen LogP contribution in [0.4, 0.5) is 4.79 Å². The normalized spacial score (nSPS) is 11.8. The zero-order valence-corrected chi connectivity index (χ0v) is 9.91. The molecule has 0 aliphatic heterocycles. The second-order valence-electron chi connectivity index (χ2n) is 3.87. The van der Waals surface area contributed by atoms with Crippen molar-refractivity contribution in [1.82, 2.24) is 14.9 Å². The Morgan fingerprint density at radius 1 is 1.28 bits per heavy atom. The molecule has 1 atom stereocenters. The molecule has 0 bridgehead atoms. The van der Waals surface area contributed by atoms with Gasteiger partial charge < -0.3 is 5.32 Å². The van der Waals surface area contributed by atoms with E-state index in [1.54, 1.807) is 31.2 Å². The van der Waals surface area contributed by atoms with Gasteiger partial charge in [-0.25, -0.2) is 9.78 Å². The quantitative estimate of drug-likeness (QED) is 0.835. The van der Waals surface area contributed by atoms with Crippen molar-refractivity contribution in [2.24, 2.45) is 0 Å². The number of Topliss-reactive ketones (excluding diaryl/α,β-unsaturated/α-hetero) is 1. The molecule has 0 spiro atoms. The molecule has 0 saturated heterocycles. The average Bonchev–Trinajstić information content (AvgIpc) is 2.92. The standard InChI is InChI=1S/C13H13N3O2/c1-10(12(17)11-5-3-2-4-6-11)15-13(18)16-8-7-14-9-16/h2-10H,1H3,(H,15,18). The number of hydrogen-bond acceptors (Lipinski definition) is 3. The van der Waals surface area contributed by atoms with Gasteiger partial charge in [0.25, 0.3) is 0 Å². The maximum absolute atomic E-state index is 12.0. The van der Waals surface area contributed by atoms with Gasteiger partial charge in [0.1, 0.15) is 6.33 Å². The third-order valence-corrected chi connectivity index (χ3v) is 2.53. The summed E-state index contributed by atoms with van der Waals surface area (Å²) in [6.45, 7) is 1.66. The van der Waals surface area contributed by atoms with E-state index in [1.807, 2.05) is 6.07 Å². The van der Waals surface area contributed by atoms with E-state index < -0.39 is 6.04 Å². The SMILES string of the molecule is CC(NC(=O)n1ccnc1)C(=O)c1ccccc1. The molecule has 92 valence electrons. The number of rotatable bonds is 3. The van der Waals surface area contributed by atoms with Crippen LogP contribution in [0.15, 0.2) is 49.1 Å². The first-order valence-electron chi connectivity index (χ1n) is 5.56. The molecule has 1 amide bonds. The molecule has 1 aromatic carbocycles. The lowest BCUT2D eigenvalue weighted by Gasteiger charge is -2.12. The number of aromatic nitrogens is 2. The number of carbonyl (C=O) groups is 2. The second-order valence-corrected chi connectivity index (χ2v) is 3.87. The first-order chi connectivity index (χ1) is 8.68. The molecule has 0 aliphatic rings. The highest BCUT2D eigenvalue weighted by molar-refractivity contribution is 6.01. The van der Waals surface area contributed by atoms with Gasteiger partial charge in [0, 0.05) is 18.0 Å². The second kappa shape index (κ2) is 5.27. The highest BCUT2D eigenvalue weighted by atomic mass is 16.2. The minimum atomic E-state index is -0.581. The number of nitrogens with one attached hydrogen (secondary N) is 1. The molecule has 2 aromatic rings. The largest absolute Gasteiger partial charge is 0.327 e. The van der Waals surface area contributed by atoms with Crippen molar-refractivity contribution < 1.29 is 9.59 Å². The molecule has 0 aliphatic carbocycles. The van der Waals surface area contributed by atoms with Crippen LogP contribution in [0.3, 0.4) is 0 Å². The van der Waals surface area contributed by atoms with Crippen molar-refractivity contribution >= 4 is 11.8 Å². The fourth-order valence-electron chi connectivity index (χ4n) is 1.56. The van der Waals surface area contributed by atoms with Gasteiger partial charge in [0.05, 0.1) is 6.04 Å². The fourth-order valence-corrected chi connectivity index (χ4v) is 1.56. The van der Waals surface area contributed by atoms with Crippen LogP contribution in [0.1, 0.15) is 17.3 Å². The number of hydrogen-bond donors (Lipinski definition) is 1. The lowest BCUT2D eigenvalue weighted by molar-refractivity contribution is 0.0953. The first-order valence-corrected chi connectivity index (χ1v) is 5.56. The van der Waals surface area contributed by atoms with Crippen LogP contribution in [0.5, 0.6) is 0 Å². The summed E-state index contributed by atoms with van der Waals surface area (Å²) in [4.78, 5) is 27.5. The molecule has 1 unspecified atom stereocenters. The van der Waals surface area contributed by atoms with Gasteiger partial charge in [-0.1, -0.05) is 30.3 Å². The van der Waals surface area contributed by atoms with E-state index in [0.29, 0.717) is 5.56 Å². The van der Waals surface area contributed by atoms with E-state index >= 15 is 0 Å². The highest BCUT2D eigenvalue weighted by Crippen LogP contribution is 2.03. The monoisotopic (exact) mass is 243 g/mol. The molecule has 18 heavy (non-hydrogen) atoms. The van der Waals surface area contributed by atoms with Crippen LogP contribution in [0, 0.1) is 0 Å². The summed E-state index contributed by atoms with van der Waals surface area (Å²) < 4.78 is 1.29. The van der Waals surface area contributed by atoms with E-state index in [1.165, 1.54) is 23.3 Å². The van der Waals surface area contributed by atoms with Crippen LogP contribution < -0.4 is 5.32 Å². The Labute approximate surface area is 104 Å². The molecule has 1 aromatic heterocycles. The fraction of sp³-hybridized carbons (Fsp3) is 0.154. The number of carbonyl (C=O) groups excluding carboxylic acids is 2. The van der Waals surface area contributed by atoms with Gasteiger partial charge in [-0.05, 0) is 6.92 Å². The number of benzene rings is 1. The molecule has 5 heteroatoms. The van der Waals surface area contributed by atoms with Crippen molar-refractivity contribution in [2.45, 2.75) is 13.0 Å². The molecule has 1 N–H and O–H groups in total. The minimum Gasteiger partial charge on any atom is -0.327 e. The summed E-state index contributed by atoms with van der Waals surface area (Å²) in [5.74, 6) is -0.121. The first kappa shape index (κ1) is 12.0. The predicted octanol–water partition coefficient (Wildman–Crippen LogP) is 1.71. The molecular formula is C13H13N3O2. The van der Waals surface area contributed by atoms with Gasteiger partial charge in [0.2, 0.25) is 0 Å². The molecule has 1 heterocycles. The topological polar surface area (TPSA) is 64.0 Å². The third kappa shape index (κ3) is 2.63. The summed E-state index contributed by atoms with van der Waals surface area (Å²) >= 11 is 0. The van der Waals surface area contributed by atoms with Crippen LogP contribution in [0.2, 0.25) is 0 Å². The predicted molar refractivity (Wildman–Crippen MR) is 66.4 cm³/mol. The maximum atomic E-state index is 12.0. The van der Waals surface area contributed by atoms with Gasteiger partial charge in [-0.2, -0.15) is 0 Å². The van der Waals surface area contributed by atoms with Crippen LogP contribution in [0.25, 0.3) is 0 Å². The summed E-state index contributed by atoms with van der Waals surface area (Å²) in [7, 11) is 0. The summed E-state index contributed by atoms with van der Waals surface area (Å²) in [6, 6.07) is 7.91. The lowest BCUT2D eigenvalue weighted by Crippen LogP contribution is -2.40. The number of amides is 1. The zero-order valence-electron chi connectivity index (χ0n) is 9.91. The Balaban J connectivity index is 2.02. The van der Waals surface area contributed by atoms with Crippen LogP contribution in [-0.2, 0) is 0 Å². The summed E-state index contributed by atoms with van der Waals surface area (Å²) in [5.41, 5.74) is 0.580. The molecule has 2 rings (SSSR count). The van der Waals surface area contributed by atoms with Crippen molar-refractivity contribution in [2.75, 3.05) is 0 Å². The molecule has 0 saturated carbocycles. The number of nitrogens with zero attached hydrogens (tertiary/aromatic N) is 2. The Hall–Kier alpha value is -2.43. The van der Waals surface area contributed by atoms with Gasteiger partial charge in [-0.3, -0.25) is 9.36 Å². The molecule has 0 fully saturated rings. The van der Waals surface area contributed by atoms with Gasteiger partial charge in [0.15, 0.2) is 5.78 Å². The number of imidazole rings is 1. The van der Waals surface area contributed by atoms with Gasteiger partial charge >= 0.3 is 6.03 Å². The van der Waals surface area contributed by atoms with E-state index in [4.69, 9.17) is 0 Å². The molecule has 0 radical (unpaired) electrons. The number of ketones is 1. The van der Waals surface area contributed by atoms with Gasteiger partial charge in [-0.15, -0.1) is 0 Å². The van der Waals surface area contributed by atoms with E-state index in [9.17, 15) is 9.59 Å². The molecule has 5 nitrogen and oxygen atoms in total. The van der Waals surface area contributed by atoms with E-state index in [-0.39, 0.29) is 11.8 Å². The van der Waals surface area contributed by atoms with Crippen molar-refractivity contribution in [3.63, 3.8) is 0 Å². The Kier molecular flexibility index (Phi) is 3.52. The maximum Gasteiger partial charge on any atom is 0.327 e. The van der Waals surface area contributed by atoms with Crippen molar-refractivity contribution in [3.05, 3.63) is 54.6 Å². The zero-order chi connectivity index (χ0) is 13.0. The van der Waals surface area contributed by atoms with Crippen LogP contribution >= 0.6 is 0 Å². The highest BCUT2D eigenvalue weighted by Gasteiger charge is 2.17. The smallest absolute Gasteiger partial charge is 0.327 e. The summed E-state index contributed by atoms with van der Waals surface area (Å²) in [5, 5.41) is 2.62. The summed E-state index contributed by atoms with van der Waals surface area (Å²) in [6.07, 6.45) is 4.41. The van der Waals surface area contributed by atoms with Crippen LogP contribution in [-0.4, -0.2) is 27.4 Å².